The van der Waals surface area contributed by atoms with Crippen molar-refractivity contribution in [1.29, 1.82) is 5.41 Å². The van der Waals surface area contributed by atoms with Crippen LogP contribution in [0.5, 0.6) is 0 Å². The third kappa shape index (κ3) is 2.59. The molecular weight excluding hydrogens is 368 g/mol. The highest BCUT2D eigenvalue weighted by Crippen LogP contribution is 2.46. The molecule has 2 aliphatic rings. The summed E-state index contributed by atoms with van der Waals surface area (Å²) in [6, 6.07) is 12.4. The molecule has 28 heavy (non-hydrogen) atoms. The van der Waals surface area contributed by atoms with E-state index in [0.29, 0.717) is 5.82 Å². The van der Waals surface area contributed by atoms with Crippen molar-refractivity contribution in [3.8, 4) is 10.4 Å². The third-order valence-corrected chi connectivity index (χ3v) is 6.53. The van der Waals surface area contributed by atoms with Crippen molar-refractivity contribution in [2.45, 2.75) is 12.5 Å². The Labute approximate surface area is 167 Å². The lowest BCUT2D eigenvalue weighted by atomic mass is 9.97. The number of nitrogens with zero attached hydrogens (tertiary/aromatic N) is 1. The topological polar surface area (TPSA) is 98.8 Å². The number of thiophene rings is 1. The van der Waals surface area contributed by atoms with Crippen LogP contribution in [0.25, 0.3) is 16.1 Å². The standard InChI is InChI=1S/C21H20N6S/c1-24-16-6-11(2-3-12(16)9-22)20-15-8-18-14(21(15)27-26-20)7-17(28-18)13-4-5-19(23)25-10-13/h2-7,9-10,20,22,24,26-27H,8H2,1H3,(H2,23,25). The second-order valence-electron chi connectivity index (χ2n) is 6.94. The third-order valence-electron chi connectivity index (χ3n) is 5.35. The first-order valence-electron chi connectivity index (χ1n) is 9.09. The molecule has 0 saturated heterocycles. The van der Waals surface area contributed by atoms with E-state index in [0.717, 1.165) is 23.2 Å². The summed E-state index contributed by atoms with van der Waals surface area (Å²) in [7, 11) is 1.89. The van der Waals surface area contributed by atoms with Gasteiger partial charge in [-0.2, -0.15) is 0 Å². The molecule has 3 heterocycles. The van der Waals surface area contributed by atoms with Gasteiger partial charge in [0.1, 0.15) is 5.82 Å². The van der Waals surface area contributed by atoms with E-state index in [2.05, 4.69) is 39.4 Å². The molecule has 1 aromatic carbocycles. The molecule has 1 aliphatic carbocycles. The molecule has 1 unspecified atom stereocenters. The zero-order chi connectivity index (χ0) is 19.3. The first kappa shape index (κ1) is 17.0. The fraction of sp³-hybridized carbons (Fsp3) is 0.143. The largest absolute Gasteiger partial charge is 0.388 e. The van der Waals surface area contributed by atoms with Gasteiger partial charge in [-0.05, 0) is 35.4 Å². The molecule has 3 aromatic rings. The second kappa shape index (κ2) is 6.47. The maximum atomic E-state index is 7.54. The summed E-state index contributed by atoms with van der Waals surface area (Å²) in [5, 5.41) is 10.7. The van der Waals surface area contributed by atoms with Crippen LogP contribution in [0.2, 0.25) is 0 Å². The molecule has 6 N–H and O–H groups in total. The van der Waals surface area contributed by atoms with Crippen LogP contribution in [-0.2, 0) is 6.42 Å². The molecular formula is C21H20N6S. The van der Waals surface area contributed by atoms with E-state index >= 15 is 0 Å². The monoisotopic (exact) mass is 388 g/mol. The highest BCUT2D eigenvalue weighted by molar-refractivity contribution is 7.15. The lowest BCUT2D eigenvalue weighted by Gasteiger charge is -2.16. The molecule has 6 nitrogen and oxygen atoms in total. The van der Waals surface area contributed by atoms with Crippen LogP contribution in [-0.4, -0.2) is 18.2 Å². The van der Waals surface area contributed by atoms with E-state index in [4.69, 9.17) is 11.1 Å². The van der Waals surface area contributed by atoms with Crippen molar-refractivity contribution in [3.63, 3.8) is 0 Å². The first-order chi connectivity index (χ1) is 13.7. The number of anilines is 2. The van der Waals surface area contributed by atoms with Gasteiger partial charge in [0, 0.05) is 58.0 Å². The van der Waals surface area contributed by atoms with Gasteiger partial charge in [-0.25, -0.2) is 10.4 Å². The summed E-state index contributed by atoms with van der Waals surface area (Å²) >= 11 is 1.82. The number of nitrogens with one attached hydrogen (secondary N) is 4. The molecule has 2 aromatic heterocycles. The number of fused-ring (bicyclic) bond motifs is 2. The molecule has 1 atom stereocenters. The van der Waals surface area contributed by atoms with Gasteiger partial charge >= 0.3 is 0 Å². The quantitative estimate of drug-likeness (QED) is 0.440. The molecule has 0 spiro atoms. The number of rotatable bonds is 4. The van der Waals surface area contributed by atoms with E-state index in [1.165, 1.54) is 38.4 Å². The number of aromatic nitrogens is 1. The number of nitrogen functional groups attached to an aromatic ring is 1. The Balaban J connectivity index is 1.48. The molecule has 7 heteroatoms. The Morgan fingerprint density at radius 1 is 1.29 bits per heavy atom. The van der Waals surface area contributed by atoms with Crippen LogP contribution < -0.4 is 21.9 Å². The van der Waals surface area contributed by atoms with E-state index in [1.807, 2.05) is 42.8 Å². The smallest absolute Gasteiger partial charge is 0.123 e. The molecule has 0 saturated carbocycles. The minimum atomic E-state index is 0.128. The van der Waals surface area contributed by atoms with Gasteiger partial charge < -0.3 is 21.9 Å². The Morgan fingerprint density at radius 2 is 2.18 bits per heavy atom. The van der Waals surface area contributed by atoms with Crippen LogP contribution in [0.3, 0.4) is 0 Å². The number of hydrogen-bond acceptors (Lipinski definition) is 7. The molecule has 0 fully saturated rings. The SMILES string of the molecule is CNc1cc(C2NNC3=C2Cc2sc(-c4ccc(N)nc4)cc23)ccc1C=N. The number of pyridine rings is 1. The first-order valence-corrected chi connectivity index (χ1v) is 9.91. The highest BCUT2D eigenvalue weighted by atomic mass is 32.1. The molecule has 0 radical (unpaired) electrons. The van der Waals surface area contributed by atoms with Gasteiger partial charge in [-0.3, -0.25) is 0 Å². The van der Waals surface area contributed by atoms with Crippen molar-refractivity contribution in [3.05, 3.63) is 69.7 Å². The summed E-state index contributed by atoms with van der Waals surface area (Å²) in [6.45, 7) is 0. The fourth-order valence-corrected chi connectivity index (χ4v) is 5.08. The van der Waals surface area contributed by atoms with E-state index in [9.17, 15) is 0 Å². The van der Waals surface area contributed by atoms with Gasteiger partial charge in [0.2, 0.25) is 0 Å². The van der Waals surface area contributed by atoms with Crippen molar-refractivity contribution in [1.82, 2.24) is 15.8 Å². The second-order valence-corrected chi connectivity index (χ2v) is 8.08. The summed E-state index contributed by atoms with van der Waals surface area (Å²) < 4.78 is 0. The summed E-state index contributed by atoms with van der Waals surface area (Å²) in [5.41, 5.74) is 20.5. The Morgan fingerprint density at radius 3 is 2.93 bits per heavy atom. The summed E-state index contributed by atoms with van der Waals surface area (Å²) in [6.07, 6.45) is 4.14. The van der Waals surface area contributed by atoms with Crippen LogP contribution in [0.4, 0.5) is 11.5 Å². The van der Waals surface area contributed by atoms with Gasteiger partial charge in [0.05, 0.1) is 11.7 Å². The van der Waals surface area contributed by atoms with E-state index in [-0.39, 0.29) is 6.04 Å². The number of benzene rings is 1. The number of hydrazine groups is 1. The van der Waals surface area contributed by atoms with Gasteiger partial charge in [-0.1, -0.05) is 12.1 Å². The molecule has 140 valence electrons. The average molecular weight is 389 g/mol. The predicted octanol–water partition coefficient (Wildman–Crippen LogP) is 3.55. The Kier molecular flexibility index (Phi) is 3.92. The minimum absolute atomic E-state index is 0.128. The molecule has 1 aliphatic heterocycles. The Hall–Kier alpha value is -3.16. The van der Waals surface area contributed by atoms with Crippen molar-refractivity contribution >= 4 is 34.8 Å². The number of nitrogens with two attached hydrogens (primary N) is 1. The lowest BCUT2D eigenvalue weighted by molar-refractivity contribution is 0.593. The zero-order valence-electron chi connectivity index (χ0n) is 15.3. The highest BCUT2D eigenvalue weighted by Gasteiger charge is 2.35. The molecule has 0 bridgehead atoms. The fourth-order valence-electron chi connectivity index (χ4n) is 3.91. The van der Waals surface area contributed by atoms with E-state index < -0.39 is 0 Å². The van der Waals surface area contributed by atoms with Crippen LogP contribution in [0.15, 0.2) is 48.2 Å². The summed E-state index contributed by atoms with van der Waals surface area (Å²) in [5.74, 6) is 0.539. The van der Waals surface area contributed by atoms with Crippen molar-refractivity contribution in [2.75, 3.05) is 18.1 Å². The van der Waals surface area contributed by atoms with Crippen molar-refractivity contribution in [2.24, 2.45) is 0 Å². The zero-order valence-corrected chi connectivity index (χ0v) is 16.2. The number of hydrogen-bond donors (Lipinski definition) is 5. The van der Waals surface area contributed by atoms with Crippen LogP contribution in [0.1, 0.15) is 27.6 Å². The van der Waals surface area contributed by atoms with Crippen molar-refractivity contribution < 1.29 is 0 Å². The van der Waals surface area contributed by atoms with Gasteiger partial charge in [0.15, 0.2) is 0 Å². The van der Waals surface area contributed by atoms with E-state index in [1.54, 1.807) is 0 Å². The minimum Gasteiger partial charge on any atom is -0.388 e. The maximum absolute atomic E-state index is 7.54. The molecule has 0 amide bonds. The van der Waals surface area contributed by atoms with Crippen LogP contribution in [0, 0.1) is 5.41 Å². The lowest BCUT2D eigenvalue weighted by Crippen LogP contribution is -2.27. The van der Waals surface area contributed by atoms with Gasteiger partial charge in [-0.15, -0.1) is 11.3 Å². The predicted molar refractivity (Wildman–Crippen MR) is 115 cm³/mol. The van der Waals surface area contributed by atoms with Crippen LogP contribution >= 0.6 is 11.3 Å². The molecule has 5 rings (SSSR count). The Bertz CT molecular complexity index is 1110. The van der Waals surface area contributed by atoms with Gasteiger partial charge in [0.25, 0.3) is 0 Å². The maximum Gasteiger partial charge on any atom is 0.123 e. The summed E-state index contributed by atoms with van der Waals surface area (Å²) in [4.78, 5) is 6.80. The average Bonchev–Trinajstić information content (AvgIpc) is 3.39. The normalized spacial score (nSPS) is 17.2.